The predicted molar refractivity (Wildman–Crippen MR) is 57.0 cm³/mol. The topological polar surface area (TPSA) is 29.1 Å². The summed E-state index contributed by atoms with van der Waals surface area (Å²) in [6.45, 7) is 2.13. The monoisotopic (exact) mass is 195 g/mol. The van der Waals surface area contributed by atoms with Crippen molar-refractivity contribution >= 4 is 5.91 Å². The summed E-state index contributed by atoms with van der Waals surface area (Å²) in [4.78, 5) is 12.0. The molecule has 0 saturated heterocycles. The van der Waals surface area contributed by atoms with Crippen LogP contribution in [0, 0.1) is 5.41 Å². The molecule has 14 heavy (non-hydrogen) atoms. The van der Waals surface area contributed by atoms with Gasteiger partial charge in [-0.2, -0.15) is 0 Å². The molecule has 2 nitrogen and oxygen atoms in total. The number of rotatable bonds is 2. The van der Waals surface area contributed by atoms with Gasteiger partial charge in [-0.1, -0.05) is 32.6 Å². The fraction of sp³-hybridized carbons (Fsp3) is 0.917. The molecule has 2 aliphatic rings. The molecule has 2 aliphatic carbocycles. The lowest BCUT2D eigenvalue weighted by Crippen LogP contribution is -2.41. The third kappa shape index (κ3) is 1.94. The normalized spacial score (nSPS) is 26.6. The third-order valence-corrected chi connectivity index (χ3v) is 3.95. The fourth-order valence-corrected chi connectivity index (χ4v) is 2.81. The van der Waals surface area contributed by atoms with Gasteiger partial charge < -0.3 is 5.32 Å². The second-order valence-electron chi connectivity index (χ2n) is 5.22. The van der Waals surface area contributed by atoms with Crippen LogP contribution in [0.25, 0.3) is 0 Å². The highest BCUT2D eigenvalue weighted by Gasteiger charge is 2.37. The standard InChI is InChI=1S/C12H21NO/c1-12(8-4-5-9-12)11(14)13-10-6-2-3-7-10/h10H,2-9H2,1H3,(H,13,14). The third-order valence-electron chi connectivity index (χ3n) is 3.95. The van der Waals surface area contributed by atoms with E-state index in [1.807, 2.05) is 0 Å². The smallest absolute Gasteiger partial charge is 0.226 e. The molecule has 0 radical (unpaired) electrons. The number of carbonyl (C=O) groups is 1. The van der Waals surface area contributed by atoms with Gasteiger partial charge >= 0.3 is 0 Å². The van der Waals surface area contributed by atoms with Crippen LogP contribution in [0.4, 0.5) is 0 Å². The van der Waals surface area contributed by atoms with Crippen LogP contribution in [0.2, 0.25) is 0 Å². The highest BCUT2D eigenvalue weighted by Crippen LogP contribution is 2.38. The molecule has 0 aromatic rings. The Bertz CT molecular complexity index is 212. The lowest BCUT2D eigenvalue weighted by atomic mass is 9.87. The summed E-state index contributed by atoms with van der Waals surface area (Å²) in [6.07, 6.45) is 9.62. The molecule has 80 valence electrons. The van der Waals surface area contributed by atoms with Gasteiger partial charge in [-0.3, -0.25) is 4.79 Å². The van der Waals surface area contributed by atoms with Crippen LogP contribution in [0.3, 0.4) is 0 Å². The first-order valence-electron chi connectivity index (χ1n) is 6.02. The molecule has 0 atom stereocenters. The number of amides is 1. The average molecular weight is 195 g/mol. The number of hydrogen-bond donors (Lipinski definition) is 1. The van der Waals surface area contributed by atoms with Gasteiger partial charge in [0.2, 0.25) is 5.91 Å². The van der Waals surface area contributed by atoms with E-state index in [0.717, 1.165) is 12.8 Å². The van der Waals surface area contributed by atoms with Gasteiger partial charge in [-0.25, -0.2) is 0 Å². The van der Waals surface area contributed by atoms with Gasteiger partial charge in [0.25, 0.3) is 0 Å². The van der Waals surface area contributed by atoms with Crippen molar-refractivity contribution < 1.29 is 4.79 Å². The van der Waals surface area contributed by atoms with Crippen LogP contribution >= 0.6 is 0 Å². The zero-order valence-corrected chi connectivity index (χ0v) is 9.14. The van der Waals surface area contributed by atoms with Crippen LogP contribution < -0.4 is 5.32 Å². The van der Waals surface area contributed by atoms with Crippen LogP contribution in [0.1, 0.15) is 58.3 Å². The molecule has 1 N–H and O–H groups in total. The van der Waals surface area contributed by atoms with E-state index in [4.69, 9.17) is 0 Å². The van der Waals surface area contributed by atoms with E-state index in [-0.39, 0.29) is 5.41 Å². The Labute approximate surface area is 86.5 Å². The highest BCUT2D eigenvalue weighted by molar-refractivity contribution is 5.82. The number of hydrogen-bond acceptors (Lipinski definition) is 1. The summed E-state index contributed by atoms with van der Waals surface area (Å²) in [5.74, 6) is 0.321. The van der Waals surface area contributed by atoms with E-state index in [9.17, 15) is 4.79 Å². The van der Waals surface area contributed by atoms with Crippen molar-refractivity contribution in [1.29, 1.82) is 0 Å². The Morgan fingerprint density at radius 3 is 2.29 bits per heavy atom. The highest BCUT2D eigenvalue weighted by atomic mass is 16.2. The Hall–Kier alpha value is -0.530. The zero-order chi connectivity index (χ0) is 10.0. The average Bonchev–Trinajstić information content (AvgIpc) is 2.76. The number of nitrogens with one attached hydrogen (secondary N) is 1. The maximum atomic E-state index is 12.0. The first kappa shape index (κ1) is 10.0. The minimum atomic E-state index is -0.0391. The first-order valence-corrected chi connectivity index (χ1v) is 6.02. The second kappa shape index (κ2) is 3.92. The molecular formula is C12H21NO. The molecule has 0 aliphatic heterocycles. The van der Waals surface area contributed by atoms with Gasteiger partial charge in [0.1, 0.15) is 0 Å². The van der Waals surface area contributed by atoms with E-state index in [1.165, 1.54) is 38.5 Å². The Morgan fingerprint density at radius 1 is 1.14 bits per heavy atom. The molecule has 2 saturated carbocycles. The molecule has 0 heterocycles. The van der Waals surface area contributed by atoms with Crippen LogP contribution in [0.5, 0.6) is 0 Å². The fourth-order valence-electron chi connectivity index (χ4n) is 2.81. The number of carbonyl (C=O) groups excluding carboxylic acids is 1. The molecule has 0 unspecified atom stereocenters. The SMILES string of the molecule is CC1(C(=O)NC2CCCC2)CCCC1. The van der Waals surface area contributed by atoms with Crippen molar-refractivity contribution in [3.05, 3.63) is 0 Å². The van der Waals surface area contributed by atoms with E-state index >= 15 is 0 Å². The summed E-state index contributed by atoms with van der Waals surface area (Å²) >= 11 is 0. The van der Waals surface area contributed by atoms with Crippen LogP contribution in [0.15, 0.2) is 0 Å². The van der Waals surface area contributed by atoms with Crippen molar-refractivity contribution in [2.75, 3.05) is 0 Å². The molecule has 2 heteroatoms. The van der Waals surface area contributed by atoms with Crippen LogP contribution in [-0.2, 0) is 4.79 Å². The van der Waals surface area contributed by atoms with Crippen LogP contribution in [-0.4, -0.2) is 11.9 Å². The Morgan fingerprint density at radius 2 is 1.71 bits per heavy atom. The van der Waals surface area contributed by atoms with E-state index in [1.54, 1.807) is 0 Å². The maximum Gasteiger partial charge on any atom is 0.226 e. The maximum absolute atomic E-state index is 12.0. The molecule has 0 bridgehead atoms. The van der Waals surface area contributed by atoms with E-state index in [2.05, 4.69) is 12.2 Å². The minimum Gasteiger partial charge on any atom is -0.353 e. The summed E-state index contributed by atoms with van der Waals surface area (Å²) in [7, 11) is 0. The minimum absolute atomic E-state index is 0.0391. The largest absolute Gasteiger partial charge is 0.353 e. The Kier molecular flexibility index (Phi) is 2.80. The van der Waals surface area contributed by atoms with Gasteiger partial charge in [0.05, 0.1) is 0 Å². The summed E-state index contributed by atoms with van der Waals surface area (Å²) in [5, 5.41) is 3.22. The predicted octanol–water partition coefficient (Wildman–Crippen LogP) is 2.63. The van der Waals surface area contributed by atoms with Gasteiger partial charge in [-0.05, 0) is 25.7 Å². The molecule has 0 aromatic carbocycles. The zero-order valence-electron chi connectivity index (χ0n) is 9.14. The molecule has 2 rings (SSSR count). The lowest BCUT2D eigenvalue weighted by molar-refractivity contribution is -0.130. The van der Waals surface area contributed by atoms with Crippen molar-refractivity contribution in [3.63, 3.8) is 0 Å². The first-order chi connectivity index (χ1) is 6.71. The van der Waals surface area contributed by atoms with Gasteiger partial charge in [0.15, 0.2) is 0 Å². The quantitative estimate of drug-likeness (QED) is 0.721. The Balaban J connectivity index is 1.87. The van der Waals surface area contributed by atoms with E-state index in [0.29, 0.717) is 11.9 Å². The summed E-state index contributed by atoms with van der Waals surface area (Å²) in [6, 6.07) is 0.486. The molecular weight excluding hydrogens is 174 g/mol. The summed E-state index contributed by atoms with van der Waals surface area (Å²) < 4.78 is 0. The van der Waals surface area contributed by atoms with Crippen molar-refractivity contribution in [2.45, 2.75) is 64.3 Å². The summed E-state index contributed by atoms with van der Waals surface area (Å²) in [5.41, 5.74) is -0.0391. The van der Waals surface area contributed by atoms with Crippen molar-refractivity contribution in [3.8, 4) is 0 Å². The van der Waals surface area contributed by atoms with Crippen molar-refractivity contribution in [2.24, 2.45) is 5.41 Å². The lowest BCUT2D eigenvalue weighted by Gasteiger charge is -2.24. The molecule has 0 aromatic heterocycles. The van der Waals surface area contributed by atoms with E-state index < -0.39 is 0 Å². The molecule has 1 amide bonds. The van der Waals surface area contributed by atoms with Gasteiger partial charge in [-0.15, -0.1) is 0 Å². The van der Waals surface area contributed by atoms with Crippen molar-refractivity contribution in [1.82, 2.24) is 5.32 Å². The molecule has 0 spiro atoms. The molecule has 2 fully saturated rings. The van der Waals surface area contributed by atoms with Gasteiger partial charge in [0, 0.05) is 11.5 Å². The second-order valence-corrected chi connectivity index (χ2v) is 5.22.